The summed E-state index contributed by atoms with van der Waals surface area (Å²) in [6.07, 6.45) is 5.12. The number of aliphatic carboxylic acids is 1. The molecule has 100 valence electrons. The normalized spacial score (nSPS) is 11.2. The second kappa shape index (κ2) is 7.07. The minimum atomic E-state index is -1.10. The maximum atomic E-state index is 11.9. The molecular weight excluding hydrogens is 244 g/mol. The van der Waals surface area contributed by atoms with Gasteiger partial charge < -0.3 is 15.3 Å². The van der Waals surface area contributed by atoms with Crippen molar-refractivity contribution >= 4 is 12.0 Å². The van der Waals surface area contributed by atoms with E-state index in [0.717, 1.165) is 10.5 Å². The first-order valence-corrected chi connectivity index (χ1v) is 5.80. The van der Waals surface area contributed by atoms with Gasteiger partial charge in [0, 0.05) is 0 Å². The molecule has 19 heavy (non-hydrogen) atoms. The number of carbonyl (C=O) groups is 2. The van der Waals surface area contributed by atoms with Crippen molar-refractivity contribution in [1.82, 2.24) is 10.2 Å². The number of amides is 2. The Morgan fingerprint density at radius 2 is 2.05 bits per heavy atom. The van der Waals surface area contributed by atoms with Crippen LogP contribution in [0.5, 0.6) is 0 Å². The summed E-state index contributed by atoms with van der Waals surface area (Å²) in [5.74, 6) is 1.17. The highest BCUT2D eigenvalue weighted by atomic mass is 16.4. The Labute approximate surface area is 112 Å². The van der Waals surface area contributed by atoms with Crippen LogP contribution in [0, 0.1) is 12.3 Å². The second-order valence-corrected chi connectivity index (χ2v) is 4.04. The molecule has 0 heterocycles. The first-order valence-electron chi connectivity index (χ1n) is 5.80. The fourth-order valence-electron chi connectivity index (χ4n) is 1.57. The Kier molecular flexibility index (Phi) is 5.42. The van der Waals surface area contributed by atoms with Gasteiger partial charge in [0.25, 0.3) is 0 Å². The molecule has 5 heteroatoms. The molecule has 0 saturated carbocycles. The van der Waals surface area contributed by atoms with Crippen LogP contribution in [0.3, 0.4) is 0 Å². The number of rotatable bonds is 5. The Morgan fingerprint density at radius 3 is 2.58 bits per heavy atom. The molecule has 1 atom stereocenters. The number of carbonyl (C=O) groups excluding carboxylic acids is 1. The van der Waals surface area contributed by atoms with E-state index in [0.29, 0.717) is 0 Å². The van der Waals surface area contributed by atoms with Crippen LogP contribution >= 0.6 is 0 Å². The summed E-state index contributed by atoms with van der Waals surface area (Å²) in [6.45, 7) is 1.36. The Bertz CT molecular complexity index is 479. The zero-order valence-corrected chi connectivity index (χ0v) is 10.7. The summed E-state index contributed by atoms with van der Waals surface area (Å²) < 4.78 is 0. The third-order valence-electron chi connectivity index (χ3n) is 2.54. The molecule has 1 unspecified atom stereocenters. The van der Waals surface area contributed by atoms with Crippen molar-refractivity contribution < 1.29 is 14.7 Å². The molecule has 0 spiro atoms. The summed E-state index contributed by atoms with van der Waals surface area (Å²) in [7, 11) is 0. The van der Waals surface area contributed by atoms with E-state index in [1.807, 2.05) is 37.3 Å². The zero-order valence-electron chi connectivity index (χ0n) is 10.7. The fourth-order valence-corrected chi connectivity index (χ4v) is 1.57. The first kappa shape index (κ1) is 14.6. The first-order chi connectivity index (χ1) is 9.04. The lowest BCUT2D eigenvalue weighted by molar-refractivity contribution is -0.137. The summed E-state index contributed by atoms with van der Waals surface area (Å²) >= 11 is 0. The van der Waals surface area contributed by atoms with Crippen LogP contribution in [0.1, 0.15) is 18.5 Å². The lowest BCUT2D eigenvalue weighted by Crippen LogP contribution is -2.43. The van der Waals surface area contributed by atoms with E-state index in [1.165, 1.54) is 0 Å². The van der Waals surface area contributed by atoms with Crippen LogP contribution in [0.15, 0.2) is 30.3 Å². The molecule has 0 fully saturated rings. The van der Waals surface area contributed by atoms with Gasteiger partial charge in [0.2, 0.25) is 0 Å². The van der Waals surface area contributed by atoms with Crippen molar-refractivity contribution in [3.63, 3.8) is 0 Å². The molecular formula is C14H16N2O3. The summed E-state index contributed by atoms with van der Waals surface area (Å²) in [6, 6.07) is 8.68. The van der Waals surface area contributed by atoms with Gasteiger partial charge >= 0.3 is 12.0 Å². The fraction of sp³-hybridized carbons (Fsp3) is 0.286. The Morgan fingerprint density at radius 1 is 1.42 bits per heavy atom. The van der Waals surface area contributed by atoms with E-state index in [-0.39, 0.29) is 12.6 Å². The van der Waals surface area contributed by atoms with Gasteiger partial charge in [0.1, 0.15) is 6.54 Å². The molecule has 2 amide bonds. The van der Waals surface area contributed by atoms with Crippen LogP contribution in [-0.2, 0) is 4.79 Å². The number of carboxylic acids is 1. The van der Waals surface area contributed by atoms with Crippen molar-refractivity contribution in [2.75, 3.05) is 13.1 Å². The molecule has 0 aliphatic rings. The maximum absolute atomic E-state index is 11.9. The van der Waals surface area contributed by atoms with Crippen LogP contribution in [0.25, 0.3) is 0 Å². The predicted molar refractivity (Wildman–Crippen MR) is 71.4 cm³/mol. The summed E-state index contributed by atoms with van der Waals surface area (Å²) in [5.41, 5.74) is 0.937. The number of hydrogen-bond acceptors (Lipinski definition) is 2. The number of hydrogen-bond donors (Lipinski definition) is 2. The number of nitrogens with zero attached hydrogens (tertiary/aromatic N) is 1. The quantitative estimate of drug-likeness (QED) is 0.788. The van der Waals surface area contributed by atoms with Crippen molar-refractivity contribution in [1.29, 1.82) is 0 Å². The van der Waals surface area contributed by atoms with Crippen LogP contribution in [0.4, 0.5) is 4.79 Å². The van der Waals surface area contributed by atoms with Gasteiger partial charge in [-0.15, -0.1) is 6.42 Å². The number of terminal acetylenes is 1. The van der Waals surface area contributed by atoms with Crippen molar-refractivity contribution in [2.24, 2.45) is 0 Å². The number of carboxylic acid groups (broad SMARTS) is 1. The Balaban J connectivity index is 2.66. The van der Waals surface area contributed by atoms with Crippen molar-refractivity contribution in [3.05, 3.63) is 35.9 Å². The maximum Gasteiger partial charge on any atom is 0.323 e. The van der Waals surface area contributed by atoms with E-state index in [1.54, 1.807) is 0 Å². The van der Waals surface area contributed by atoms with E-state index in [2.05, 4.69) is 11.2 Å². The summed E-state index contributed by atoms with van der Waals surface area (Å²) in [5, 5.41) is 11.4. The largest absolute Gasteiger partial charge is 0.480 e. The van der Waals surface area contributed by atoms with Crippen molar-refractivity contribution in [2.45, 2.75) is 13.0 Å². The van der Waals surface area contributed by atoms with Gasteiger partial charge in [-0.3, -0.25) is 4.79 Å². The van der Waals surface area contributed by atoms with E-state index in [9.17, 15) is 9.59 Å². The average Bonchev–Trinajstić information content (AvgIpc) is 2.38. The number of nitrogens with one attached hydrogen (secondary N) is 1. The third-order valence-corrected chi connectivity index (χ3v) is 2.54. The second-order valence-electron chi connectivity index (χ2n) is 4.04. The zero-order chi connectivity index (χ0) is 14.3. The molecule has 0 aliphatic heterocycles. The standard InChI is InChI=1S/C14H16N2O3/c1-3-9-16(10-13(17)18)14(19)15-11(2)12-7-5-4-6-8-12/h1,4-8,11H,9-10H2,2H3,(H,15,19)(H,17,18). The van der Waals surface area contributed by atoms with Crippen LogP contribution < -0.4 is 5.32 Å². The minimum absolute atomic E-state index is 0.0420. The third kappa shape index (κ3) is 4.72. The molecule has 0 aliphatic carbocycles. The molecule has 0 aromatic heterocycles. The summed E-state index contributed by atoms with van der Waals surface area (Å²) in [4.78, 5) is 23.6. The number of urea groups is 1. The number of benzene rings is 1. The molecule has 5 nitrogen and oxygen atoms in total. The molecule has 1 aromatic carbocycles. The van der Waals surface area contributed by atoms with Crippen molar-refractivity contribution in [3.8, 4) is 12.3 Å². The highest BCUT2D eigenvalue weighted by Gasteiger charge is 2.17. The SMILES string of the molecule is C#CCN(CC(=O)O)C(=O)NC(C)c1ccccc1. The molecule has 0 radical (unpaired) electrons. The van der Waals surface area contributed by atoms with Crippen LogP contribution in [0.2, 0.25) is 0 Å². The molecule has 1 rings (SSSR count). The van der Waals surface area contributed by atoms with Gasteiger partial charge in [-0.05, 0) is 12.5 Å². The molecule has 0 bridgehead atoms. The van der Waals surface area contributed by atoms with E-state index >= 15 is 0 Å². The topological polar surface area (TPSA) is 69.6 Å². The minimum Gasteiger partial charge on any atom is -0.480 e. The predicted octanol–water partition coefficient (Wildman–Crippen LogP) is 1.48. The highest BCUT2D eigenvalue weighted by molar-refractivity contribution is 5.80. The molecule has 2 N–H and O–H groups in total. The van der Waals surface area contributed by atoms with Crippen LogP contribution in [-0.4, -0.2) is 35.1 Å². The van der Waals surface area contributed by atoms with Gasteiger partial charge in [-0.2, -0.15) is 0 Å². The lowest BCUT2D eigenvalue weighted by Gasteiger charge is -2.22. The van der Waals surface area contributed by atoms with E-state index < -0.39 is 18.5 Å². The lowest BCUT2D eigenvalue weighted by atomic mass is 10.1. The van der Waals surface area contributed by atoms with Gasteiger partial charge in [-0.1, -0.05) is 36.3 Å². The van der Waals surface area contributed by atoms with Gasteiger partial charge in [-0.25, -0.2) is 4.79 Å². The van der Waals surface area contributed by atoms with E-state index in [4.69, 9.17) is 11.5 Å². The molecule has 1 aromatic rings. The smallest absolute Gasteiger partial charge is 0.323 e. The van der Waals surface area contributed by atoms with Gasteiger partial charge in [0.05, 0.1) is 12.6 Å². The average molecular weight is 260 g/mol. The monoisotopic (exact) mass is 260 g/mol. The Hall–Kier alpha value is -2.48. The molecule has 0 saturated heterocycles. The highest BCUT2D eigenvalue weighted by Crippen LogP contribution is 2.11. The van der Waals surface area contributed by atoms with Gasteiger partial charge in [0.15, 0.2) is 0 Å².